The molecule has 8 heteroatoms. The minimum absolute atomic E-state index is 0.00589. The van der Waals surface area contributed by atoms with E-state index in [-0.39, 0.29) is 61.5 Å². The van der Waals surface area contributed by atoms with Gasteiger partial charge in [-0.3, -0.25) is 24.0 Å². The number of hydrogen-bond acceptors (Lipinski definition) is 6. The SMILES string of the molecule is CCCCCCCCCCCCCCCC(=O)C[C@@H](CCC(=O)NCCCC[C@H](C)C(=O)CNCC(C)=O)C(=O)O. The number of carbonyl (C=O) groups excluding carboxylic acids is 4. The fourth-order valence-corrected chi connectivity index (χ4v) is 4.92. The lowest BCUT2D eigenvalue weighted by Crippen LogP contribution is -2.30. The molecule has 0 aliphatic rings. The smallest absolute Gasteiger partial charge is 0.306 e. The normalized spacial score (nSPS) is 12.6. The molecule has 0 heterocycles. The van der Waals surface area contributed by atoms with Crippen molar-refractivity contribution in [3.8, 4) is 0 Å². The lowest BCUT2D eigenvalue weighted by atomic mass is 9.94. The molecule has 8 nitrogen and oxygen atoms in total. The highest BCUT2D eigenvalue weighted by Crippen LogP contribution is 2.17. The third-order valence-corrected chi connectivity index (χ3v) is 7.71. The van der Waals surface area contributed by atoms with E-state index in [0.29, 0.717) is 19.4 Å². The van der Waals surface area contributed by atoms with Crippen molar-refractivity contribution >= 4 is 29.2 Å². The van der Waals surface area contributed by atoms with Crippen LogP contribution in [0.2, 0.25) is 0 Å². The summed E-state index contributed by atoms with van der Waals surface area (Å²) < 4.78 is 0. The Labute approximate surface area is 249 Å². The maximum Gasteiger partial charge on any atom is 0.306 e. The summed E-state index contributed by atoms with van der Waals surface area (Å²) in [6, 6.07) is 0. The first-order valence-corrected chi connectivity index (χ1v) is 16.4. The van der Waals surface area contributed by atoms with Gasteiger partial charge in [0.2, 0.25) is 5.91 Å². The van der Waals surface area contributed by atoms with Crippen molar-refractivity contribution in [3.05, 3.63) is 0 Å². The quantitative estimate of drug-likeness (QED) is 0.0818. The lowest BCUT2D eigenvalue weighted by molar-refractivity contribution is -0.144. The topological polar surface area (TPSA) is 130 Å². The van der Waals surface area contributed by atoms with Crippen LogP contribution in [0.4, 0.5) is 0 Å². The molecule has 0 rings (SSSR count). The lowest BCUT2D eigenvalue weighted by Gasteiger charge is -2.12. The van der Waals surface area contributed by atoms with Crippen LogP contribution in [0, 0.1) is 11.8 Å². The van der Waals surface area contributed by atoms with Gasteiger partial charge in [0.1, 0.15) is 17.3 Å². The number of carboxylic acids is 1. The molecule has 3 N–H and O–H groups in total. The Morgan fingerprint density at radius 1 is 0.683 bits per heavy atom. The average molecular weight is 581 g/mol. The van der Waals surface area contributed by atoms with Crippen LogP contribution in [0.15, 0.2) is 0 Å². The third-order valence-electron chi connectivity index (χ3n) is 7.71. The zero-order valence-corrected chi connectivity index (χ0v) is 26.4. The van der Waals surface area contributed by atoms with E-state index in [2.05, 4.69) is 17.6 Å². The number of nitrogens with one attached hydrogen (secondary N) is 2. The highest BCUT2D eigenvalue weighted by atomic mass is 16.4. The Morgan fingerprint density at radius 3 is 1.78 bits per heavy atom. The number of ketones is 3. The fourth-order valence-electron chi connectivity index (χ4n) is 4.92. The van der Waals surface area contributed by atoms with Crippen LogP contribution in [0.5, 0.6) is 0 Å². The van der Waals surface area contributed by atoms with Crippen LogP contribution >= 0.6 is 0 Å². The summed E-state index contributed by atoms with van der Waals surface area (Å²) in [6.45, 7) is 6.43. The minimum Gasteiger partial charge on any atom is -0.481 e. The van der Waals surface area contributed by atoms with E-state index in [1.165, 1.54) is 71.1 Å². The molecule has 238 valence electrons. The molecule has 41 heavy (non-hydrogen) atoms. The molecule has 0 saturated carbocycles. The first kappa shape index (κ1) is 38.9. The summed E-state index contributed by atoms with van der Waals surface area (Å²) in [6.07, 6.45) is 19.0. The molecule has 2 atom stereocenters. The van der Waals surface area contributed by atoms with Crippen molar-refractivity contribution in [2.45, 2.75) is 149 Å². The van der Waals surface area contributed by atoms with Crippen LogP contribution in [-0.4, -0.2) is 54.0 Å². The van der Waals surface area contributed by atoms with Gasteiger partial charge < -0.3 is 15.7 Å². The van der Waals surface area contributed by atoms with Gasteiger partial charge in [0.05, 0.1) is 19.0 Å². The van der Waals surface area contributed by atoms with Crippen molar-refractivity contribution in [1.82, 2.24) is 10.6 Å². The summed E-state index contributed by atoms with van der Waals surface area (Å²) in [7, 11) is 0. The average Bonchev–Trinajstić information content (AvgIpc) is 2.92. The van der Waals surface area contributed by atoms with Crippen LogP contribution < -0.4 is 10.6 Å². The molecule has 0 aromatic carbocycles. The van der Waals surface area contributed by atoms with Crippen molar-refractivity contribution in [2.24, 2.45) is 11.8 Å². The summed E-state index contributed by atoms with van der Waals surface area (Å²) in [5.41, 5.74) is 0. The van der Waals surface area contributed by atoms with E-state index >= 15 is 0 Å². The number of amides is 1. The predicted molar refractivity (Wildman–Crippen MR) is 165 cm³/mol. The van der Waals surface area contributed by atoms with E-state index in [1.807, 2.05) is 6.92 Å². The molecule has 0 aromatic rings. The molecule has 0 saturated heterocycles. The van der Waals surface area contributed by atoms with Gasteiger partial charge in [-0.1, -0.05) is 97.3 Å². The van der Waals surface area contributed by atoms with Crippen molar-refractivity contribution in [2.75, 3.05) is 19.6 Å². The van der Waals surface area contributed by atoms with E-state index in [4.69, 9.17) is 0 Å². The zero-order chi connectivity index (χ0) is 30.7. The number of rotatable bonds is 30. The Balaban J connectivity index is 3.85. The molecule has 0 fully saturated rings. The van der Waals surface area contributed by atoms with Gasteiger partial charge in [0.25, 0.3) is 0 Å². The summed E-state index contributed by atoms with van der Waals surface area (Å²) in [5, 5.41) is 15.2. The highest BCUT2D eigenvalue weighted by Gasteiger charge is 2.22. The second-order valence-corrected chi connectivity index (χ2v) is 11.8. The second kappa shape index (κ2) is 26.8. The number of Topliss-reactive ketones (excluding diaryl/α,β-unsaturated/α-hetero) is 3. The standard InChI is InChI=1S/C33H60N2O6/c1-4-5-6-7-8-9-10-11-12-13-14-15-16-20-30(37)24-29(33(40)41)21-22-32(39)35-23-18-17-19-27(2)31(38)26-34-25-28(3)36/h27,29,34H,4-26H2,1-3H3,(H,35,39)(H,40,41)/t27-,29+/m0/s1. The zero-order valence-electron chi connectivity index (χ0n) is 26.4. The van der Waals surface area contributed by atoms with Crippen LogP contribution in [0.25, 0.3) is 0 Å². The van der Waals surface area contributed by atoms with E-state index in [1.54, 1.807) is 0 Å². The Morgan fingerprint density at radius 2 is 1.24 bits per heavy atom. The van der Waals surface area contributed by atoms with Crippen LogP contribution in [-0.2, 0) is 24.0 Å². The van der Waals surface area contributed by atoms with Gasteiger partial charge >= 0.3 is 5.97 Å². The Bertz CT molecular complexity index is 739. The predicted octanol–water partition coefficient (Wildman–Crippen LogP) is 6.58. The summed E-state index contributed by atoms with van der Waals surface area (Å²) in [5.74, 6) is -2.13. The van der Waals surface area contributed by atoms with Crippen molar-refractivity contribution in [1.29, 1.82) is 0 Å². The monoisotopic (exact) mass is 580 g/mol. The van der Waals surface area contributed by atoms with E-state index in [0.717, 1.165) is 32.1 Å². The third kappa shape index (κ3) is 25.4. The Kier molecular flexibility index (Phi) is 25.4. The molecule has 0 unspecified atom stereocenters. The Hall–Kier alpha value is -2.09. The van der Waals surface area contributed by atoms with Crippen LogP contribution in [0.1, 0.15) is 149 Å². The number of unbranched alkanes of at least 4 members (excludes halogenated alkanes) is 13. The summed E-state index contributed by atoms with van der Waals surface area (Å²) in [4.78, 5) is 59.1. The fraction of sp³-hybridized carbons (Fsp3) is 0.848. The van der Waals surface area contributed by atoms with Gasteiger partial charge in [-0.15, -0.1) is 0 Å². The number of carboxylic acid groups (broad SMARTS) is 1. The maximum atomic E-state index is 12.3. The van der Waals surface area contributed by atoms with Gasteiger partial charge in [0, 0.05) is 31.7 Å². The van der Waals surface area contributed by atoms with Gasteiger partial charge in [-0.2, -0.15) is 0 Å². The second-order valence-electron chi connectivity index (χ2n) is 11.8. The molecular formula is C33H60N2O6. The molecule has 0 aliphatic carbocycles. The molecule has 0 aliphatic heterocycles. The minimum atomic E-state index is -1.02. The number of carbonyl (C=O) groups is 5. The molecule has 0 bridgehead atoms. The van der Waals surface area contributed by atoms with E-state index < -0.39 is 11.9 Å². The molecule has 0 aromatic heterocycles. The highest BCUT2D eigenvalue weighted by molar-refractivity contribution is 5.85. The van der Waals surface area contributed by atoms with Crippen LogP contribution in [0.3, 0.4) is 0 Å². The van der Waals surface area contributed by atoms with Crippen molar-refractivity contribution < 1.29 is 29.1 Å². The van der Waals surface area contributed by atoms with E-state index in [9.17, 15) is 29.1 Å². The first-order valence-electron chi connectivity index (χ1n) is 16.4. The van der Waals surface area contributed by atoms with Gasteiger partial charge in [0.15, 0.2) is 0 Å². The number of hydrogen-bond donors (Lipinski definition) is 3. The first-order chi connectivity index (χ1) is 19.7. The molecule has 0 spiro atoms. The largest absolute Gasteiger partial charge is 0.481 e. The molecular weight excluding hydrogens is 520 g/mol. The summed E-state index contributed by atoms with van der Waals surface area (Å²) >= 11 is 0. The number of aliphatic carboxylic acids is 1. The van der Waals surface area contributed by atoms with Crippen molar-refractivity contribution in [3.63, 3.8) is 0 Å². The molecule has 1 amide bonds. The van der Waals surface area contributed by atoms with Gasteiger partial charge in [-0.05, 0) is 32.6 Å². The molecule has 0 radical (unpaired) electrons. The maximum absolute atomic E-state index is 12.3. The van der Waals surface area contributed by atoms with Gasteiger partial charge in [-0.25, -0.2) is 0 Å².